The van der Waals surface area contributed by atoms with Gasteiger partial charge in [0.25, 0.3) is 0 Å². The molecule has 0 spiro atoms. The number of aromatic hydroxyl groups is 2. The maximum absolute atomic E-state index is 8.65. The third kappa shape index (κ3) is 12.4. The summed E-state index contributed by atoms with van der Waals surface area (Å²) in [6.45, 7) is 0. The van der Waals surface area contributed by atoms with Crippen molar-refractivity contribution in [1.29, 1.82) is 0 Å². The van der Waals surface area contributed by atoms with Crippen molar-refractivity contribution >= 4 is 11.0 Å². The zero-order valence-corrected chi connectivity index (χ0v) is 10.8. The molecule has 0 aliphatic heterocycles. The zero-order valence-electron chi connectivity index (χ0n) is 6.88. The van der Waals surface area contributed by atoms with E-state index in [9.17, 15) is 0 Å². The van der Waals surface area contributed by atoms with Crippen molar-refractivity contribution in [2.24, 2.45) is 0 Å². The minimum atomic E-state index is -2.86. The first kappa shape index (κ1) is 15.8. The van der Waals surface area contributed by atoms with Crippen molar-refractivity contribution in [2.45, 2.75) is 0 Å². The zero-order chi connectivity index (χ0) is 9.56. The van der Waals surface area contributed by atoms with Crippen LogP contribution in [-0.4, -0.2) is 14.8 Å². The van der Waals surface area contributed by atoms with Gasteiger partial charge in [-0.05, 0) is 12.1 Å². The van der Waals surface area contributed by atoms with Gasteiger partial charge in [-0.3, -0.25) is 0 Å². The van der Waals surface area contributed by atoms with Gasteiger partial charge in [0.1, 0.15) is 11.5 Å². The Balaban J connectivity index is 0. The second-order valence-corrected chi connectivity index (χ2v) is 2.17. The van der Waals surface area contributed by atoms with Gasteiger partial charge in [-0.2, -0.15) is 0 Å². The van der Waals surface area contributed by atoms with Crippen molar-refractivity contribution < 1.29 is 74.6 Å². The molecule has 0 fully saturated rings. The molecule has 5 nitrogen and oxygen atoms in total. The molecular formula is C6H7KO5S. The van der Waals surface area contributed by atoms with Crippen molar-refractivity contribution in [1.82, 2.24) is 0 Å². The average Bonchev–Trinajstić information content (AvgIpc) is 1.84. The van der Waals surface area contributed by atoms with E-state index in [4.69, 9.17) is 23.2 Å². The molecule has 0 saturated heterocycles. The summed E-state index contributed by atoms with van der Waals surface area (Å²) in [4.78, 5) is 0. The van der Waals surface area contributed by atoms with Gasteiger partial charge in [-0.1, -0.05) is 6.07 Å². The third-order valence-corrected chi connectivity index (χ3v) is 0.830. The Kier molecular flexibility index (Phi) is 10.9. The molecule has 0 atom stereocenters. The Bertz CT molecular complexity index is 286. The summed E-state index contributed by atoms with van der Waals surface area (Å²) >= 11 is 0. The van der Waals surface area contributed by atoms with Crippen LogP contribution in [0.25, 0.3) is 0 Å². The topological polar surface area (TPSA) is 94.8 Å². The van der Waals surface area contributed by atoms with Crippen LogP contribution in [0.2, 0.25) is 0 Å². The smallest absolute Gasteiger partial charge is 0.508 e. The Labute approximate surface area is 120 Å². The standard InChI is InChI=1S/C6H6O2.K.HO3S/c7-5-2-1-3-6(8)4-5;;1-4(2)3/h1-4,7-8H;;(H,1,2,3)/q;+1;-1. The number of benzene rings is 1. The summed E-state index contributed by atoms with van der Waals surface area (Å²) in [5.74, 6) is 0.176. The molecular weight excluding hydrogens is 223 g/mol. The molecule has 0 unspecified atom stereocenters. The molecule has 1 aromatic carbocycles. The fourth-order valence-corrected chi connectivity index (χ4v) is 0.493. The van der Waals surface area contributed by atoms with Gasteiger partial charge in [0.2, 0.25) is 0 Å². The Morgan fingerprint density at radius 3 is 1.54 bits per heavy atom. The molecule has 68 valence electrons. The van der Waals surface area contributed by atoms with E-state index in [2.05, 4.69) is 0 Å². The molecule has 0 saturated carbocycles. The molecule has 0 heterocycles. The van der Waals surface area contributed by atoms with Crippen molar-refractivity contribution in [2.75, 3.05) is 0 Å². The summed E-state index contributed by atoms with van der Waals surface area (Å²) in [5.41, 5.74) is 0. The monoisotopic (exact) mass is 230 g/mol. The van der Waals surface area contributed by atoms with Crippen LogP contribution >= 0.6 is 0 Å². The number of hydrogen-bond donors (Lipinski definition) is 3. The van der Waals surface area contributed by atoms with E-state index < -0.39 is 11.0 Å². The normalized spacial score (nSPS) is 8.15. The molecule has 1 rings (SSSR count). The molecule has 0 aromatic heterocycles. The number of phenolic OH excluding ortho intramolecular Hbond substituents is 2. The minimum Gasteiger partial charge on any atom is -0.508 e. The number of rotatable bonds is 0. The second kappa shape index (κ2) is 8.94. The van der Waals surface area contributed by atoms with Gasteiger partial charge in [-0.25, -0.2) is 0 Å². The van der Waals surface area contributed by atoms with Crippen LogP contribution in [0.3, 0.4) is 0 Å². The van der Waals surface area contributed by atoms with Gasteiger partial charge in [0.05, 0.1) is 0 Å². The molecule has 7 heteroatoms. The SMILES string of the molecule is O=[S-](=O)O.Oc1cccc(O)c1.[K+]. The second-order valence-electron chi connectivity index (χ2n) is 1.74. The van der Waals surface area contributed by atoms with Crippen molar-refractivity contribution in [3.63, 3.8) is 0 Å². The predicted octanol–water partition coefficient (Wildman–Crippen LogP) is -2.13. The maximum atomic E-state index is 8.65. The fourth-order valence-electron chi connectivity index (χ4n) is 0.493. The van der Waals surface area contributed by atoms with E-state index >= 15 is 0 Å². The van der Waals surface area contributed by atoms with Gasteiger partial charge in [0, 0.05) is 17.1 Å². The quantitative estimate of drug-likeness (QED) is 0.205. The largest absolute Gasteiger partial charge is 1.00 e. The van der Waals surface area contributed by atoms with Gasteiger partial charge in [0.15, 0.2) is 0 Å². The van der Waals surface area contributed by atoms with E-state index in [-0.39, 0.29) is 62.9 Å². The predicted molar refractivity (Wildman–Crippen MR) is 41.1 cm³/mol. The Morgan fingerprint density at radius 2 is 1.38 bits per heavy atom. The van der Waals surface area contributed by atoms with Crippen LogP contribution in [0.15, 0.2) is 24.3 Å². The van der Waals surface area contributed by atoms with E-state index in [0.29, 0.717) is 0 Å². The summed E-state index contributed by atoms with van der Waals surface area (Å²) in [5, 5.41) is 17.3. The fraction of sp³-hybridized carbons (Fsp3) is 0. The molecule has 1 aromatic rings. The van der Waals surface area contributed by atoms with E-state index in [0.717, 1.165) is 0 Å². The van der Waals surface area contributed by atoms with E-state index in [1.807, 2.05) is 0 Å². The number of hydrogen-bond acceptors (Lipinski definition) is 5. The van der Waals surface area contributed by atoms with Crippen molar-refractivity contribution in [3.8, 4) is 11.5 Å². The average molecular weight is 230 g/mol. The first-order valence-corrected chi connectivity index (χ1v) is 3.82. The van der Waals surface area contributed by atoms with Gasteiger partial charge in [-0.15, -0.1) is 0 Å². The number of phenols is 2. The molecule has 0 aliphatic carbocycles. The van der Waals surface area contributed by atoms with Crippen LogP contribution in [0.5, 0.6) is 11.5 Å². The molecule has 0 bridgehead atoms. The third-order valence-electron chi connectivity index (χ3n) is 0.830. The van der Waals surface area contributed by atoms with Crippen LogP contribution in [-0.2, 0) is 19.4 Å². The summed E-state index contributed by atoms with van der Waals surface area (Å²) < 4.78 is 24.1. The minimum absolute atomic E-state index is 0. The molecule has 0 amide bonds. The van der Waals surface area contributed by atoms with Gasteiger partial charge >= 0.3 is 51.4 Å². The molecule has 0 radical (unpaired) electrons. The summed E-state index contributed by atoms with van der Waals surface area (Å²) in [6, 6.07) is 5.85. The molecule has 3 N–H and O–H groups in total. The van der Waals surface area contributed by atoms with Gasteiger partial charge < -0.3 is 23.2 Å². The maximum Gasteiger partial charge on any atom is 1.00 e. The van der Waals surface area contributed by atoms with E-state index in [1.165, 1.54) is 18.2 Å². The van der Waals surface area contributed by atoms with E-state index in [1.54, 1.807) is 6.07 Å². The summed E-state index contributed by atoms with van der Waals surface area (Å²) in [7, 11) is -2.86. The van der Waals surface area contributed by atoms with Crippen molar-refractivity contribution in [3.05, 3.63) is 24.3 Å². The van der Waals surface area contributed by atoms with Crippen LogP contribution in [0, 0.1) is 0 Å². The Morgan fingerprint density at radius 1 is 1.08 bits per heavy atom. The first-order valence-electron chi connectivity index (χ1n) is 2.78. The van der Waals surface area contributed by atoms with Crippen LogP contribution in [0.1, 0.15) is 0 Å². The van der Waals surface area contributed by atoms with Crippen LogP contribution < -0.4 is 51.4 Å². The summed E-state index contributed by atoms with van der Waals surface area (Å²) in [6.07, 6.45) is 0. The first-order chi connectivity index (χ1) is 5.52. The molecule has 13 heavy (non-hydrogen) atoms. The Hall–Kier alpha value is 0.366. The van der Waals surface area contributed by atoms with Crippen LogP contribution in [0.4, 0.5) is 0 Å². The molecule has 0 aliphatic rings.